The first kappa shape index (κ1) is 15.1. The van der Waals surface area contributed by atoms with E-state index >= 15 is 0 Å². The number of aromatic nitrogens is 1. The second-order valence-corrected chi connectivity index (χ2v) is 6.65. The molecule has 2 heteroatoms. The second kappa shape index (κ2) is 6.01. The van der Waals surface area contributed by atoms with Gasteiger partial charge < -0.3 is 9.88 Å². The molecule has 2 nitrogen and oxygen atoms in total. The SMILES string of the molecule is CCC(CC)n1ccc2cccc(CNC(C)(C)C)c21. The summed E-state index contributed by atoms with van der Waals surface area (Å²) in [5.74, 6) is 0. The van der Waals surface area contributed by atoms with E-state index in [1.807, 2.05) is 0 Å². The van der Waals surface area contributed by atoms with Crippen LogP contribution in [0.1, 0.15) is 59.1 Å². The van der Waals surface area contributed by atoms with Crippen molar-refractivity contribution < 1.29 is 0 Å². The van der Waals surface area contributed by atoms with Crippen LogP contribution in [-0.2, 0) is 6.54 Å². The predicted molar refractivity (Wildman–Crippen MR) is 88.1 cm³/mol. The maximum atomic E-state index is 3.61. The molecule has 0 spiro atoms. The molecule has 0 aliphatic carbocycles. The van der Waals surface area contributed by atoms with Gasteiger partial charge in [0.15, 0.2) is 0 Å². The Bertz CT molecular complexity index is 556. The average Bonchev–Trinajstić information content (AvgIpc) is 2.82. The lowest BCUT2D eigenvalue weighted by atomic mass is 10.1. The third-order valence-corrected chi connectivity index (χ3v) is 3.97. The fourth-order valence-electron chi connectivity index (χ4n) is 2.79. The molecule has 0 atom stereocenters. The third kappa shape index (κ3) is 3.24. The Morgan fingerprint density at radius 2 is 1.80 bits per heavy atom. The highest BCUT2D eigenvalue weighted by molar-refractivity contribution is 5.83. The molecule has 1 aromatic heterocycles. The van der Waals surface area contributed by atoms with Crippen molar-refractivity contribution in [1.82, 2.24) is 9.88 Å². The van der Waals surface area contributed by atoms with Crippen LogP contribution in [0.15, 0.2) is 30.5 Å². The van der Waals surface area contributed by atoms with Crippen molar-refractivity contribution in [3.63, 3.8) is 0 Å². The Hall–Kier alpha value is -1.28. The average molecular weight is 272 g/mol. The minimum atomic E-state index is 0.147. The van der Waals surface area contributed by atoms with Crippen LogP contribution in [0.25, 0.3) is 10.9 Å². The minimum Gasteiger partial charge on any atom is -0.344 e. The molecular weight excluding hydrogens is 244 g/mol. The number of hydrogen-bond donors (Lipinski definition) is 1. The number of nitrogens with one attached hydrogen (secondary N) is 1. The van der Waals surface area contributed by atoms with Crippen LogP contribution in [0.4, 0.5) is 0 Å². The molecule has 0 fully saturated rings. The molecule has 0 radical (unpaired) electrons. The molecule has 0 aliphatic heterocycles. The van der Waals surface area contributed by atoms with Crippen molar-refractivity contribution in [2.24, 2.45) is 0 Å². The smallest absolute Gasteiger partial charge is 0.0528 e. The summed E-state index contributed by atoms with van der Waals surface area (Å²) in [5, 5.41) is 4.96. The Balaban J connectivity index is 2.41. The van der Waals surface area contributed by atoms with E-state index < -0.39 is 0 Å². The van der Waals surface area contributed by atoms with Crippen LogP contribution in [0.3, 0.4) is 0 Å². The van der Waals surface area contributed by atoms with Crippen molar-refractivity contribution in [3.8, 4) is 0 Å². The zero-order valence-electron chi connectivity index (χ0n) is 13.5. The van der Waals surface area contributed by atoms with Crippen LogP contribution >= 0.6 is 0 Å². The number of benzene rings is 1. The zero-order chi connectivity index (χ0) is 14.8. The van der Waals surface area contributed by atoms with Crippen molar-refractivity contribution in [2.75, 3.05) is 0 Å². The molecule has 0 aliphatic rings. The molecule has 110 valence electrons. The summed E-state index contributed by atoms with van der Waals surface area (Å²) >= 11 is 0. The standard InChI is InChI=1S/C18H28N2/c1-6-16(7-2)20-12-11-14-9-8-10-15(17(14)20)13-19-18(3,4)5/h8-12,16,19H,6-7,13H2,1-5H3. The summed E-state index contributed by atoms with van der Waals surface area (Å²) in [7, 11) is 0. The summed E-state index contributed by atoms with van der Waals surface area (Å²) in [6.45, 7) is 12.1. The van der Waals surface area contributed by atoms with E-state index in [4.69, 9.17) is 0 Å². The van der Waals surface area contributed by atoms with Crippen LogP contribution in [0.5, 0.6) is 0 Å². The van der Waals surface area contributed by atoms with Gasteiger partial charge in [0.1, 0.15) is 0 Å². The molecule has 0 saturated carbocycles. The van der Waals surface area contributed by atoms with Gasteiger partial charge in [0.05, 0.1) is 5.52 Å². The topological polar surface area (TPSA) is 17.0 Å². The number of para-hydroxylation sites is 1. The molecule has 1 aromatic carbocycles. The Kier molecular flexibility index (Phi) is 4.54. The van der Waals surface area contributed by atoms with Gasteiger partial charge in [-0.15, -0.1) is 0 Å². The van der Waals surface area contributed by atoms with Crippen molar-refractivity contribution in [3.05, 3.63) is 36.0 Å². The summed E-state index contributed by atoms with van der Waals surface area (Å²) in [4.78, 5) is 0. The molecule has 0 saturated heterocycles. The lowest BCUT2D eigenvalue weighted by Gasteiger charge is -2.22. The van der Waals surface area contributed by atoms with Crippen molar-refractivity contribution in [2.45, 2.75) is 65.6 Å². The second-order valence-electron chi connectivity index (χ2n) is 6.65. The van der Waals surface area contributed by atoms with Crippen LogP contribution < -0.4 is 5.32 Å². The van der Waals surface area contributed by atoms with Gasteiger partial charge in [-0.1, -0.05) is 32.0 Å². The van der Waals surface area contributed by atoms with Gasteiger partial charge in [0, 0.05) is 24.3 Å². The van der Waals surface area contributed by atoms with E-state index in [0.717, 1.165) is 6.54 Å². The molecule has 20 heavy (non-hydrogen) atoms. The zero-order valence-corrected chi connectivity index (χ0v) is 13.5. The van der Waals surface area contributed by atoms with E-state index in [2.05, 4.69) is 75.0 Å². The van der Waals surface area contributed by atoms with E-state index in [-0.39, 0.29) is 5.54 Å². The number of rotatable bonds is 5. The highest BCUT2D eigenvalue weighted by atomic mass is 15.0. The van der Waals surface area contributed by atoms with Crippen LogP contribution in [0.2, 0.25) is 0 Å². The Morgan fingerprint density at radius 1 is 1.10 bits per heavy atom. The van der Waals surface area contributed by atoms with Crippen molar-refractivity contribution in [1.29, 1.82) is 0 Å². The fourth-order valence-corrected chi connectivity index (χ4v) is 2.79. The minimum absolute atomic E-state index is 0.147. The molecule has 0 amide bonds. The van der Waals surface area contributed by atoms with Gasteiger partial charge in [-0.3, -0.25) is 0 Å². The first-order chi connectivity index (χ1) is 9.46. The molecule has 2 aromatic rings. The predicted octanol–water partition coefficient (Wildman–Crippen LogP) is 4.89. The quantitative estimate of drug-likeness (QED) is 0.820. The number of nitrogens with zero attached hydrogens (tertiary/aromatic N) is 1. The molecular formula is C18H28N2. The number of hydrogen-bond acceptors (Lipinski definition) is 1. The van der Waals surface area contributed by atoms with Gasteiger partial charge in [-0.05, 0) is 50.6 Å². The Morgan fingerprint density at radius 3 is 2.40 bits per heavy atom. The van der Waals surface area contributed by atoms with Crippen molar-refractivity contribution >= 4 is 10.9 Å². The lowest BCUT2D eigenvalue weighted by molar-refractivity contribution is 0.423. The molecule has 1 N–H and O–H groups in total. The van der Waals surface area contributed by atoms with Gasteiger partial charge in [-0.25, -0.2) is 0 Å². The highest BCUT2D eigenvalue weighted by Crippen LogP contribution is 2.27. The largest absolute Gasteiger partial charge is 0.344 e. The van der Waals surface area contributed by atoms with E-state index in [0.29, 0.717) is 6.04 Å². The van der Waals surface area contributed by atoms with E-state index in [9.17, 15) is 0 Å². The lowest BCUT2D eigenvalue weighted by Crippen LogP contribution is -2.35. The van der Waals surface area contributed by atoms with Gasteiger partial charge in [0.2, 0.25) is 0 Å². The summed E-state index contributed by atoms with van der Waals surface area (Å²) in [6, 6.07) is 9.48. The normalized spacial score (nSPS) is 12.5. The maximum absolute atomic E-state index is 3.61. The van der Waals surface area contributed by atoms with Crippen LogP contribution in [0, 0.1) is 0 Å². The van der Waals surface area contributed by atoms with E-state index in [1.165, 1.54) is 29.3 Å². The Labute approximate surface area is 123 Å². The molecule has 0 unspecified atom stereocenters. The highest BCUT2D eigenvalue weighted by Gasteiger charge is 2.14. The summed E-state index contributed by atoms with van der Waals surface area (Å²) in [6.07, 6.45) is 4.62. The molecule has 1 heterocycles. The molecule has 0 bridgehead atoms. The van der Waals surface area contributed by atoms with Gasteiger partial charge in [-0.2, -0.15) is 0 Å². The third-order valence-electron chi connectivity index (χ3n) is 3.97. The van der Waals surface area contributed by atoms with E-state index in [1.54, 1.807) is 0 Å². The monoisotopic (exact) mass is 272 g/mol. The first-order valence-electron chi connectivity index (χ1n) is 7.79. The summed E-state index contributed by atoms with van der Waals surface area (Å²) in [5.41, 5.74) is 2.95. The fraction of sp³-hybridized carbons (Fsp3) is 0.556. The summed E-state index contributed by atoms with van der Waals surface area (Å²) < 4.78 is 2.47. The van der Waals surface area contributed by atoms with Gasteiger partial charge in [0.25, 0.3) is 0 Å². The first-order valence-corrected chi connectivity index (χ1v) is 7.79. The number of fused-ring (bicyclic) bond motifs is 1. The maximum Gasteiger partial charge on any atom is 0.0528 e. The molecule has 2 rings (SSSR count). The van der Waals surface area contributed by atoms with Crippen LogP contribution in [-0.4, -0.2) is 10.1 Å². The van der Waals surface area contributed by atoms with Gasteiger partial charge >= 0.3 is 0 Å².